The first kappa shape index (κ1) is 17.2. The van der Waals surface area contributed by atoms with Crippen molar-refractivity contribution in [3.63, 3.8) is 0 Å². The summed E-state index contributed by atoms with van der Waals surface area (Å²) in [4.78, 5) is 16.2. The zero-order valence-corrected chi connectivity index (χ0v) is 14.6. The Hall–Kier alpha value is -2.59. The van der Waals surface area contributed by atoms with Gasteiger partial charge < -0.3 is 9.84 Å². The number of benzene rings is 2. The standard InChI is InChI=1S/C20H18ClNO3/c1-2-3-10-25-14-7-4-6-13(11-14)18-12-16(20(23)24)15-8-5-9-17(21)19(15)22-18/h4-9,11-12H,2-3,10H2,1H3,(H,23,24). The SMILES string of the molecule is CCCCOc1cccc(-c2cc(C(=O)O)c3cccc(Cl)c3n2)c1. The van der Waals surface area contributed by atoms with Gasteiger partial charge in [-0.3, -0.25) is 0 Å². The van der Waals surface area contributed by atoms with E-state index in [4.69, 9.17) is 16.3 Å². The highest BCUT2D eigenvalue weighted by Gasteiger charge is 2.15. The number of aromatic carboxylic acids is 1. The summed E-state index contributed by atoms with van der Waals surface area (Å²) in [7, 11) is 0. The molecule has 0 amide bonds. The molecule has 128 valence electrons. The molecule has 5 heteroatoms. The van der Waals surface area contributed by atoms with E-state index in [1.165, 1.54) is 0 Å². The molecule has 25 heavy (non-hydrogen) atoms. The van der Waals surface area contributed by atoms with Crippen molar-refractivity contribution >= 4 is 28.5 Å². The number of para-hydroxylation sites is 1. The van der Waals surface area contributed by atoms with Crippen LogP contribution in [0.4, 0.5) is 0 Å². The summed E-state index contributed by atoms with van der Waals surface area (Å²) in [6, 6.07) is 14.2. The molecule has 0 bridgehead atoms. The third-order valence-corrected chi connectivity index (χ3v) is 4.22. The number of rotatable bonds is 6. The Morgan fingerprint density at radius 1 is 1.20 bits per heavy atom. The van der Waals surface area contributed by atoms with Crippen LogP contribution in [0.2, 0.25) is 5.02 Å². The molecule has 2 aromatic carbocycles. The number of hydrogen-bond acceptors (Lipinski definition) is 3. The minimum atomic E-state index is -1.01. The first-order valence-corrected chi connectivity index (χ1v) is 8.53. The van der Waals surface area contributed by atoms with Crippen molar-refractivity contribution in [3.05, 3.63) is 59.1 Å². The predicted octanol–water partition coefficient (Wildman–Crippen LogP) is 5.43. The van der Waals surface area contributed by atoms with Gasteiger partial charge in [0.25, 0.3) is 0 Å². The Morgan fingerprint density at radius 3 is 2.76 bits per heavy atom. The minimum absolute atomic E-state index is 0.180. The van der Waals surface area contributed by atoms with Crippen LogP contribution in [0, 0.1) is 0 Å². The van der Waals surface area contributed by atoms with Crippen molar-refractivity contribution in [1.82, 2.24) is 4.98 Å². The van der Waals surface area contributed by atoms with E-state index in [-0.39, 0.29) is 5.56 Å². The summed E-state index contributed by atoms with van der Waals surface area (Å²) in [5.41, 5.74) is 2.01. The fraction of sp³-hybridized carbons (Fsp3) is 0.200. The van der Waals surface area contributed by atoms with Crippen LogP contribution < -0.4 is 4.74 Å². The summed E-state index contributed by atoms with van der Waals surface area (Å²) < 4.78 is 5.73. The van der Waals surface area contributed by atoms with E-state index in [2.05, 4.69) is 11.9 Å². The fourth-order valence-corrected chi connectivity index (χ4v) is 2.83. The van der Waals surface area contributed by atoms with Gasteiger partial charge in [-0.2, -0.15) is 0 Å². The summed E-state index contributed by atoms with van der Waals surface area (Å²) in [6.45, 7) is 2.76. The third kappa shape index (κ3) is 3.74. The first-order chi connectivity index (χ1) is 12.1. The van der Waals surface area contributed by atoms with Gasteiger partial charge in [-0.05, 0) is 30.7 Å². The van der Waals surface area contributed by atoms with Gasteiger partial charge in [-0.1, -0.05) is 49.2 Å². The molecule has 0 aliphatic carbocycles. The molecule has 0 aliphatic rings. The number of nitrogens with zero attached hydrogens (tertiary/aromatic N) is 1. The molecule has 0 saturated carbocycles. The second-order valence-electron chi connectivity index (χ2n) is 5.73. The number of aromatic nitrogens is 1. The average Bonchev–Trinajstić information content (AvgIpc) is 2.62. The largest absolute Gasteiger partial charge is 0.494 e. The number of ether oxygens (including phenoxy) is 1. The third-order valence-electron chi connectivity index (χ3n) is 3.92. The molecule has 0 atom stereocenters. The number of carboxylic acid groups (broad SMARTS) is 1. The Balaban J connectivity index is 2.08. The Kier molecular flexibility index (Phi) is 5.19. The molecule has 1 aromatic heterocycles. The van der Waals surface area contributed by atoms with Gasteiger partial charge in [-0.25, -0.2) is 9.78 Å². The molecule has 3 aromatic rings. The molecule has 0 unspecified atom stereocenters. The second kappa shape index (κ2) is 7.53. The highest BCUT2D eigenvalue weighted by atomic mass is 35.5. The van der Waals surface area contributed by atoms with Gasteiger partial charge in [0.2, 0.25) is 0 Å². The van der Waals surface area contributed by atoms with E-state index in [1.807, 2.05) is 24.3 Å². The average molecular weight is 356 g/mol. The van der Waals surface area contributed by atoms with E-state index >= 15 is 0 Å². The molecule has 0 aliphatic heterocycles. The van der Waals surface area contributed by atoms with Gasteiger partial charge in [0.1, 0.15) is 5.75 Å². The van der Waals surface area contributed by atoms with E-state index in [0.29, 0.717) is 28.2 Å². The molecule has 4 nitrogen and oxygen atoms in total. The van der Waals surface area contributed by atoms with Gasteiger partial charge >= 0.3 is 5.97 Å². The van der Waals surface area contributed by atoms with Crippen LogP contribution in [-0.4, -0.2) is 22.7 Å². The zero-order valence-electron chi connectivity index (χ0n) is 13.8. The zero-order chi connectivity index (χ0) is 17.8. The molecule has 0 fully saturated rings. The van der Waals surface area contributed by atoms with Gasteiger partial charge in [-0.15, -0.1) is 0 Å². The van der Waals surface area contributed by atoms with Gasteiger partial charge in [0.15, 0.2) is 0 Å². The number of carbonyl (C=O) groups is 1. The summed E-state index contributed by atoms with van der Waals surface area (Å²) in [6.07, 6.45) is 2.05. The van der Waals surface area contributed by atoms with E-state index in [1.54, 1.807) is 24.3 Å². The van der Waals surface area contributed by atoms with Crippen LogP contribution in [0.25, 0.3) is 22.2 Å². The van der Waals surface area contributed by atoms with Crippen LogP contribution >= 0.6 is 11.6 Å². The lowest BCUT2D eigenvalue weighted by Gasteiger charge is -2.10. The highest BCUT2D eigenvalue weighted by molar-refractivity contribution is 6.35. The predicted molar refractivity (Wildman–Crippen MR) is 99.6 cm³/mol. The quantitative estimate of drug-likeness (QED) is 0.599. The van der Waals surface area contributed by atoms with Crippen LogP contribution in [0.1, 0.15) is 30.1 Å². The van der Waals surface area contributed by atoms with Crippen LogP contribution in [-0.2, 0) is 0 Å². The smallest absolute Gasteiger partial charge is 0.336 e. The van der Waals surface area contributed by atoms with Gasteiger partial charge in [0, 0.05) is 10.9 Å². The van der Waals surface area contributed by atoms with Crippen molar-refractivity contribution in [2.45, 2.75) is 19.8 Å². The van der Waals surface area contributed by atoms with Crippen molar-refractivity contribution in [3.8, 4) is 17.0 Å². The molecule has 0 spiro atoms. The molecular weight excluding hydrogens is 338 g/mol. The number of fused-ring (bicyclic) bond motifs is 1. The maximum absolute atomic E-state index is 11.7. The highest BCUT2D eigenvalue weighted by Crippen LogP contribution is 2.30. The van der Waals surface area contributed by atoms with Crippen LogP contribution in [0.15, 0.2) is 48.5 Å². The minimum Gasteiger partial charge on any atom is -0.494 e. The number of halogens is 1. The lowest BCUT2D eigenvalue weighted by atomic mass is 10.0. The number of unbranched alkanes of at least 4 members (excludes halogenated alkanes) is 1. The number of pyridine rings is 1. The Morgan fingerprint density at radius 2 is 2.00 bits per heavy atom. The maximum atomic E-state index is 11.7. The lowest BCUT2D eigenvalue weighted by Crippen LogP contribution is -2.01. The van der Waals surface area contributed by atoms with Crippen molar-refractivity contribution in [2.24, 2.45) is 0 Å². The second-order valence-corrected chi connectivity index (χ2v) is 6.13. The molecule has 3 rings (SSSR count). The summed E-state index contributed by atoms with van der Waals surface area (Å²) >= 11 is 6.23. The first-order valence-electron chi connectivity index (χ1n) is 8.16. The van der Waals surface area contributed by atoms with Crippen molar-refractivity contribution < 1.29 is 14.6 Å². The maximum Gasteiger partial charge on any atom is 0.336 e. The normalized spacial score (nSPS) is 10.8. The summed E-state index contributed by atoms with van der Waals surface area (Å²) in [5, 5.41) is 10.5. The van der Waals surface area contributed by atoms with E-state index in [0.717, 1.165) is 24.2 Å². The Labute approximate surface area is 151 Å². The van der Waals surface area contributed by atoms with Gasteiger partial charge in [0.05, 0.1) is 28.4 Å². The van der Waals surface area contributed by atoms with Crippen LogP contribution in [0.3, 0.4) is 0 Å². The van der Waals surface area contributed by atoms with E-state index < -0.39 is 5.97 Å². The fourth-order valence-electron chi connectivity index (χ4n) is 2.62. The number of hydrogen-bond donors (Lipinski definition) is 1. The van der Waals surface area contributed by atoms with E-state index in [9.17, 15) is 9.90 Å². The molecule has 1 N–H and O–H groups in total. The topological polar surface area (TPSA) is 59.4 Å². The number of carboxylic acids is 1. The molecular formula is C20H18ClNO3. The van der Waals surface area contributed by atoms with Crippen molar-refractivity contribution in [2.75, 3.05) is 6.61 Å². The lowest BCUT2D eigenvalue weighted by molar-refractivity contribution is 0.0699. The summed E-state index contributed by atoms with van der Waals surface area (Å²) in [5.74, 6) is -0.268. The monoisotopic (exact) mass is 355 g/mol. The Bertz CT molecular complexity index is 924. The molecule has 1 heterocycles. The van der Waals surface area contributed by atoms with Crippen molar-refractivity contribution in [1.29, 1.82) is 0 Å². The molecule has 0 radical (unpaired) electrons. The molecule has 0 saturated heterocycles. The van der Waals surface area contributed by atoms with Crippen LogP contribution in [0.5, 0.6) is 5.75 Å².